The smallest absolute Gasteiger partial charge is 0.243 e. The zero-order valence-corrected chi connectivity index (χ0v) is 18.6. The predicted octanol–water partition coefficient (Wildman–Crippen LogP) is 2.82. The molecule has 0 aliphatic carbocycles. The number of rotatable bonds is 7. The number of hydrogen-bond donors (Lipinski definition) is 0. The van der Waals surface area contributed by atoms with Crippen molar-refractivity contribution in [2.75, 3.05) is 40.4 Å². The van der Waals surface area contributed by atoms with Gasteiger partial charge in [0.25, 0.3) is 0 Å². The minimum Gasteiger partial charge on any atom is -0.497 e. The lowest BCUT2D eigenvalue weighted by molar-refractivity contribution is -0.132. The highest BCUT2D eigenvalue weighted by Gasteiger charge is 2.30. The number of aryl methyl sites for hydroxylation is 1. The van der Waals surface area contributed by atoms with Gasteiger partial charge in [0.2, 0.25) is 15.9 Å². The third kappa shape index (κ3) is 5.06. The van der Waals surface area contributed by atoms with Crippen LogP contribution in [0.1, 0.15) is 12.0 Å². The molecule has 0 N–H and O–H groups in total. The van der Waals surface area contributed by atoms with Crippen LogP contribution in [0.2, 0.25) is 5.02 Å². The van der Waals surface area contributed by atoms with E-state index < -0.39 is 10.0 Å². The molecule has 7 nitrogen and oxygen atoms in total. The van der Waals surface area contributed by atoms with Crippen LogP contribution in [0.25, 0.3) is 0 Å². The van der Waals surface area contributed by atoms with Crippen LogP contribution >= 0.6 is 11.6 Å². The molecule has 0 spiro atoms. The zero-order valence-electron chi connectivity index (χ0n) is 17.0. The van der Waals surface area contributed by atoms with Gasteiger partial charge in [-0.2, -0.15) is 4.31 Å². The minimum absolute atomic E-state index is 0.0107. The number of halogens is 1. The van der Waals surface area contributed by atoms with Gasteiger partial charge in [-0.25, -0.2) is 8.42 Å². The number of nitrogens with zero attached hydrogens (tertiary/aromatic N) is 2. The van der Waals surface area contributed by atoms with Crippen LogP contribution in [-0.2, 0) is 21.2 Å². The molecule has 162 valence electrons. The Morgan fingerprint density at radius 2 is 1.67 bits per heavy atom. The standard InChI is InChI=1S/C21H25ClN2O5S/c1-28-18-6-9-20(29-2)16(15-18)3-10-21(25)23-11-13-24(14-12-23)30(26,27)19-7-4-17(22)5-8-19/h4-9,15H,3,10-14H2,1-2H3. The van der Waals surface area contributed by atoms with E-state index in [0.29, 0.717) is 42.5 Å². The van der Waals surface area contributed by atoms with Gasteiger partial charge < -0.3 is 14.4 Å². The van der Waals surface area contributed by atoms with E-state index >= 15 is 0 Å². The van der Waals surface area contributed by atoms with Gasteiger partial charge in [-0.05, 0) is 54.4 Å². The highest BCUT2D eigenvalue weighted by atomic mass is 35.5. The number of hydrogen-bond acceptors (Lipinski definition) is 5. The van der Waals surface area contributed by atoms with Crippen molar-refractivity contribution in [2.45, 2.75) is 17.7 Å². The van der Waals surface area contributed by atoms with Crippen LogP contribution in [0.15, 0.2) is 47.4 Å². The van der Waals surface area contributed by atoms with Gasteiger partial charge in [0, 0.05) is 37.6 Å². The summed E-state index contributed by atoms with van der Waals surface area (Å²) in [6, 6.07) is 11.6. The van der Waals surface area contributed by atoms with Crippen LogP contribution in [0.4, 0.5) is 0 Å². The Labute approximate surface area is 182 Å². The van der Waals surface area contributed by atoms with Crippen molar-refractivity contribution in [3.05, 3.63) is 53.1 Å². The van der Waals surface area contributed by atoms with Gasteiger partial charge in [0.15, 0.2) is 0 Å². The summed E-state index contributed by atoms with van der Waals surface area (Å²) in [5.74, 6) is 1.41. The van der Waals surface area contributed by atoms with E-state index in [2.05, 4.69) is 0 Å². The van der Waals surface area contributed by atoms with Crippen molar-refractivity contribution in [1.82, 2.24) is 9.21 Å². The largest absolute Gasteiger partial charge is 0.497 e. The molecule has 0 atom stereocenters. The summed E-state index contributed by atoms with van der Waals surface area (Å²) in [5.41, 5.74) is 0.897. The Morgan fingerprint density at radius 3 is 2.27 bits per heavy atom. The van der Waals surface area contributed by atoms with Crippen molar-refractivity contribution in [2.24, 2.45) is 0 Å². The average molecular weight is 453 g/mol. The molecule has 1 aliphatic rings. The Morgan fingerprint density at radius 1 is 1.00 bits per heavy atom. The fourth-order valence-electron chi connectivity index (χ4n) is 3.41. The lowest BCUT2D eigenvalue weighted by Gasteiger charge is -2.34. The minimum atomic E-state index is -3.59. The molecule has 1 saturated heterocycles. The van der Waals surface area contributed by atoms with Crippen molar-refractivity contribution in [1.29, 1.82) is 0 Å². The normalized spacial score (nSPS) is 15.1. The molecule has 0 aromatic heterocycles. The Kier molecular flexibility index (Phi) is 7.23. The molecule has 2 aromatic rings. The van der Waals surface area contributed by atoms with Gasteiger partial charge in [-0.1, -0.05) is 11.6 Å². The molecule has 1 aliphatic heterocycles. The van der Waals surface area contributed by atoms with E-state index in [4.69, 9.17) is 21.1 Å². The summed E-state index contributed by atoms with van der Waals surface area (Å²) in [6.07, 6.45) is 0.829. The van der Waals surface area contributed by atoms with Crippen molar-refractivity contribution >= 4 is 27.5 Å². The maximum atomic E-state index is 12.8. The van der Waals surface area contributed by atoms with Gasteiger partial charge >= 0.3 is 0 Å². The first-order valence-corrected chi connectivity index (χ1v) is 11.4. The lowest BCUT2D eigenvalue weighted by atomic mass is 10.1. The van der Waals surface area contributed by atoms with E-state index in [1.807, 2.05) is 18.2 Å². The molecule has 0 radical (unpaired) electrons. The first kappa shape index (κ1) is 22.4. The summed E-state index contributed by atoms with van der Waals surface area (Å²) in [5, 5.41) is 0.483. The van der Waals surface area contributed by atoms with E-state index in [9.17, 15) is 13.2 Å². The molecule has 1 heterocycles. The number of ether oxygens (including phenoxy) is 2. The molecule has 3 rings (SSSR count). The van der Waals surface area contributed by atoms with Crippen molar-refractivity contribution in [3.8, 4) is 11.5 Å². The number of sulfonamides is 1. The second-order valence-corrected chi connectivity index (χ2v) is 9.29. The SMILES string of the molecule is COc1ccc(OC)c(CCC(=O)N2CCN(S(=O)(=O)c3ccc(Cl)cc3)CC2)c1. The number of methoxy groups -OCH3 is 2. The number of carbonyl (C=O) groups is 1. The third-order valence-electron chi connectivity index (χ3n) is 5.14. The lowest BCUT2D eigenvalue weighted by Crippen LogP contribution is -2.50. The molecule has 1 amide bonds. The third-order valence-corrected chi connectivity index (χ3v) is 7.30. The van der Waals surface area contributed by atoms with E-state index in [1.165, 1.54) is 16.4 Å². The molecule has 1 fully saturated rings. The maximum absolute atomic E-state index is 12.8. The Balaban J connectivity index is 1.57. The topological polar surface area (TPSA) is 76.2 Å². The summed E-state index contributed by atoms with van der Waals surface area (Å²) >= 11 is 5.84. The molecule has 30 heavy (non-hydrogen) atoms. The second-order valence-electron chi connectivity index (χ2n) is 6.92. The molecule has 9 heteroatoms. The molecular weight excluding hydrogens is 428 g/mol. The van der Waals surface area contributed by atoms with Crippen LogP contribution in [0, 0.1) is 0 Å². The fourth-order valence-corrected chi connectivity index (χ4v) is 4.96. The van der Waals surface area contributed by atoms with Gasteiger partial charge in [-0.3, -0.25) is 4.79 Å². The quantitative estimate of drug-likeness (QED) is 0.645. The summed E-state index contributed by atoms with van der Waals surface area (Å²) in [6.45, 7) is 1.25. The van der Waals surface area contributed by atoms with Crippen molar-refractivity contribution < 1.29 is 22.7 Å². The van der Waals surface area contributed by atoms with Crippen LogP contribution in [0.5, 0.6) is 11.5 Å². The van der Waals surface area contributed by atoms with Gasteiger partial charge in [0.1, 0.15) is 11.5 Å². The first-order chi connectivity index (χ1) is 14.3. The zero-order chi connectivity index (χ0) is 21.7. The first-order valence-electron chi connectivity index (χ1n) is 9.59. The second kappa shape index (κ2) is 9.68. The van der Waals surface area contributed by atoms with Gasteiger partial charge in [-0.15, -0.1) is 0 Å². The number of piperazine rings is 1. The molecule has 0 saturated carbocycles. The Bertz CT molecular complexity index is 987. The Hall–Kier alpha value is -2.29. The fraction of sp³-hybridized carbons (Fsp3) is 0.381. The monoisotopic (exact) mass is 452 g/mol. The summed E-state index contributed by atoms with van der Waals surface area (Å²) < 4.78 is 37.6. The highest BCUT2D eigenvalue weighted by Crippen LogP contribution is 2.26. The van der Waals surface area contributed by atoms with Gasteiger partial charge in [0.05, 0.1) is 19.1 Å². The summed E-state index contributed by atoms with van der Waals surface area (Å²) in [4.78, 5) is 14.6. The number of benzene rings is 2. The molecule has 0 bridgehead atoms. The van der Waals surface area contributed by atoms with Crippen molar-refractivity contribution in [3.63, 3.8) is 0 Å². The van der Waals surface area contributed by atoms with Crippen LogP contribution in [-0.4, -0.2) is 63.9 Å². The van der Waals surface area contributed by atoms with Crippen LogP contribution in [0.3, 0.4) is 0 Å². The molecule has 0 unspecified atom stereocenters. The van der Waals surface area contributed by atoms with E-state index in [-0.39, 0.29) is 23.9 Å². The average Bonchev–Trinajstić information content (AvgIpc) is 2.77. The van der Waals surface area contributed by atoms with E-state index in [1.54, 1.807) is 31.3 Å². The van der Waals surface area contributed by atoms with Crippen LogP contribution < -0.4 is 9.47 Å². The maximum Gasteiger partial charge on any atom is 0.243 e. The molecule has 2 aromatic carbocycles. The highest BCUT2D eigenvalue weighted by molar-refractivity contribution is 7.89. The summed E-state index contributed by atoms with van der Waals surface area (Å²) in [7, 11) is -0.411. The van der Waals surface area contributed by atoms with E-state index in [0.717, 1.165) is 5.56 Å². The number of carbonyl (C=O) groups excluding carboxylic acids is 1. The molecular formula is C21H25ClN2O5S. The predicted molar refractivity (Wildman–Crippen MR) is 115 cm³/mol. The number of amides is 1.